The normalized spacial score (nSPS) is 10.9. The number of nitrogens with zero attached hydrogens (tertiary/aromatic N) is 1. The van der Waals surface area contributed by atoms with Crippen LogP contribution in [0.3, 0.4) is 0 Å². The molecule has 0 aliphatic rings. The Morgan fingerprint density at radius 1 is 1.24 bits per heavy atom. The number of rotatable bonds is 6. The largest absolute Gasteiger partial charge is 0.458 e. The monoisotopic (exact) mass is 355 g/mol. The molecule has 130 valence electrons. The van der Waals surface area contributed by atoms with Crippen LogP contribution in [-0.2, 0) is 11.3 Å². The number of aromatic nitrogens is 1. The standard InChI is InChI=1S/C19H21N3O2S/c1-12(2)15-6-4-5-7-16(15)21-19-22-17(11-25-19)18-9-8-14(24-18)10-20-13(3)23/h4-9,11-12H,10H2,1-3H3,(H,20,23)(H,21,22). The van der Waals surface area contributed by atoms with Crippen molar-refractivity contribution in [1.82, 2.24) is 10.3 Å². The highest BCUT2D eigenvalue weighted by atomic mass is 32.1. The summed E-state index contributed by atoms with van der Waals surface area (Å²) in [6.07, 6.45) is 0. The fraction of sp³-hybridized carbons (Fsp3) is 0.263. The number of furan rings is 1. The van der Waals surface area contributed by atoms with Crippen LogP contribution in [0.1, 0.15) is 38.0 Å². The predicted molar refractivity (Wildman–Crippen MR) is 101 cm³/mol. The first-order chi connectivity index (χ1) is 12.0. The summed E-state index contributed by atoms with van der Waals surface area (Å²) in [7, 11) is 0. The molecule has 0 spiro atoms. The lowest BCUT2D eigenvalue weighted by Gasteiger charge is -2.12. The van der Waals surface area contributed by atoms with Crippen LogP contribution < -0.4 is 10.6 Å². The van der Waals surface area contributed by atoms with Crippen molar-refractivity contribution >= 4 is 28.1 Å². The summed E-state index contributed by atoms with van der Waals surface area (Å²) < 4.78 is 5.75. The van der Waals surface area contributed by atoms with Crippen LogP contribution in [0.4, 0.5) is 10.8 Å². The smallest absolute Gasteiger partial charge is 0.217 e. The van der Waals surface area contributed by atoms with Crippen molar-refractivity contribution in [3.63, 3.8) is 0 Å². The van der Waals surface area contributed by atoms with Crippen molar-refractivity contribution in [2.24, 2.45) is 0 Å². The third kappa shape index (κ3) is 4.28. The first-order valence-electron chi connectivity index (χ1n) is 8.18. The molecule has 0 atom stereocenters. The molecule has 5 nitrogen and oxygen atoms in total. The van der Waals surface area contributed by atoms with E-state index in [4.69, 9.17) is 4.42 Å². The van der Waals surface area contributed by atoms with Gasteiger partial charge in [0.2, 0.25) is 5.91 Å². The molecule has 2 aromatic heterocycles. The van der Waals surface area contributed by atoms with E-state index < -0.39 is 0 Å². The van der Waals surface area contributed by atoms with E-state index in [9.17, 15) is 4.79 Å². The maximum atomic E-state index is 11.0. The minimum absolute atomic E-state index is 0.0816. The van der Waals surface area contributed by atoms with Crippen molar-refractivity contribution in [3.8, 4) is 11.5 Å². The third-order valence-corrected chi connectivity index (χ3v) is 4.51. The molecule has 0 aliphatic heterocycles. The van der Waals surface area contributed by atoms with Gasteiger partial charge in [0, 0.05) is 18.0 Å². The van der Waals surface area contributed by atoms with Crippen LogP contribution in [0.2, 0.25) is 0 Å². The van der Waals surface area contributed by atoms with Gasteiger partial charge in [0.1, 0.15) is 11.5 Å². The molecule has 0 radical (unpaired) electrons. The van der Waals surface area contributed by atoms with Gasteiger partial charge >= 0.3 is 0 Å². The first-order valence-corrected chi connectivity index (χ1v) is 9.06. The van der Waals surface area contributed by atoms with E-state index >= 15 is 0 Å². The number of nitrogens with one attached hydrogen (secondary N) is 2. The molecule has 0 fully saturated rings. The highest BCUT2D eigenvalue weighted by molar-refractivity contribution is 7.14. The molecular formula is C19H21N3O2S. The molecule has 0 aliphatic carbocycles. The van der Waals surface area contributed by atoms with Gasteiger partial charge in [-0.05, 0) is 29.7 Å². The SMILES string of the molecule is CC(=O)NCc1ccc(-c2csc(Nc3ccccc3C(C)C)n2)o1. The predicted octanol–water partition coefficient (Wildman–Crippen LogP) is 4.91. The van der Waals surface area contributed by atoms with Crippen LogP contribution in [0, 0.1) is 0 Å². The number of carbonyl (C=O) groups excluding carboxylic acids is 1. The number of thiazole rings is 1. The Morgan fingerprint density at radius 2 is 2.04 bits per heavy atom. The molecule has 3 rings (SSSR count). The number of benzene rings is 1. The maximum absolute atomic E-state index is 11.0. The Morgan fingerprint density at radius 3 is 2.80 bits per heavy atom. The highest BCUT2D eigenvalue weighted by Gasteiger charge is 2.11. The van der Waals surface area contributed by atoms with Gasteiger partial charge in [0.15, 0.2) is 10.9 Å². The van der Waals surface area contributed by atoms with Crippen molar-refractivity contribution in [3.05, 3.63) is 53.1 Å². The van der Waals surface area contributed by atoms with Crippen LogP contribution in [0.15, 0.2) is 46.2 Å². The zero-order valence-electron chi connectivity index (χ0n) is 14.5. The van der Waals surface area contributed by atoms with Crippen LogP contribution in [-0.4, -0.2) is 10.9 Å². The van der Waals surface area contributed by atoms with Gasteiger partial charge in [-0.25, -0.2) is 4.98 Å². The molecule has 1 amide bonds. The number of carbonyl (C=O) groups is 1. The molecular weight excluding hydrogens is 334 g/mol. The summed E-state index contributed by atoms with van der Waals surface area (Å²) in [4.78, 5) is 15.6. The van der Waals surface area contributed by atoms with Gasteiger partial charge in [0.25, 0.3) is 0 Å². The van der Waals surface area contributed by atoms with E-state index in [1.54, 1.807) is 0 Å². The lowest BCUT2D eigenvalue weighted by atomic mass is 10.0. The number of amides is 1. The highest BCUT2D eigenvalue weighted by Crippen LogP contribution is 2.31. The number of anilines is 2. The molecule has 25 heavy (non-hydrogen) atoms. The van der Waals surface area contributed by atoms with E-state index in [0.717, 1.165) is 16.5 Å². The molecule has 2 heterocycles. The van der Waals surface area contributed by atoms with Gasteiger partial charge in [-0.3, -0.25) is 4.79 Å². The van der Waals surface area contributed by atoms with Crippen molar-refractivity contribution in [1.29, 1.82) is 0 Å². The van der Waals surface area contributed by atoms with Crippen molar-refractivity contribution in [2.75, 3.05) is 5.32 Å². The summed E-state index contributed by atoms with van der Waals surface area (Å²) >= 11 is 1.54. The number of hydrogen-bond donors (Lipinski definition) is 2. The van der Waals surface area contributed by atoms with Crippen molar-refractivity contribution < 1.29 is 9.21 Å². The molecule has 1 aromatic carbocycles. The second kappa shape index (κ2) is 7.53. The van der Waals surface area contributed by atoms with E-state index in [-0.39, 0.29) is 5.91 Å². The van der Waals surface area contributed by atoms with Gasteiger partial charge in [-0.2, -0.15) is 0 Å². The lowest BCUT2D eigenvalue weighted by molar-refractivity contribution is -0.119. The Balaban J connectivity index is 1.74. The van der Waals surface area contributed by atoms with E-state index in [1.165, 1.54) is 23.8 Å². The van der Waals surface area contributed by atoms with Gasteiger partial charge < -0.3 is 15.1 Å². The van der Waals surface area contributed by atoms with E-state index in [2.05, 4.69) is 41.6 Å². The maximum Gasteiger partial charge on any atom is 0.217 e. The Kier molecular flexibility index (Phi) is 5.19. The van der Waals surface area contributed by atoms with Crippen molar-refractivity contribution in [2.45, 2.75) is 33.2 Å². The quantitative estimate of drug-likeness (QED) is 0.659. The average Bonchev–Trinajstić information content (AvgIpc) is 3.22. The number of para-hydroxylation sites is 1. The topological polar surface area (TPSA) is 67.2 Å². The zero-order valence-corrected chi connectivity index (χ0v) is 15.3. The van der Waals surface area contributed by atoms with Crippen LogP contribution in [0.5, 0.6) is 0 Å². The fourth-order valence-corrected chi connectivity index (χ4v) is 3.21. The summed E-state index contributed by atoms with van der Waals surface area (Å²) in [5, 5.41) is 8.90. The summed E-state index contributed by atoms with van der Waals surface area (Å²) in [6.45, 7) is 6.21. The second-order valence-corrected chi connectivity index (χ2v) is 6.94. The third-order valence-electron chi connectivity index (χ3n) is 3.75. The molecule has 6 heteroatoms. The molecule has 2 N–H and O–H groups in total. The Labute approximate surface area is 151 Å². The van der Waals surface area contributed by atoms with Crippen LogP contribution in [0.25, 0.3) is 11.5 Å². The first kappa shape index (κ1) is 17.2. The number of hydrogen-bond acceptors (Lipinski definition) is 5. The van der Waals surface area contributed by atoms with Crippen LogP contribution >= 0.6 is 11.3 Å². The van der Waals surface area contributed by atoms with E-state index in [1.807, 2.05) is 29.6 Å². The summed E-state index contributed by atoms with van der Waals surface area (Å²) in [5.41, 5.74) is 3.11. The molecule has 0 saturated heterocycles. The van der Waals surface area contributed by atoms with Gasteiger partial charge in [0.05, 0.1) is 6.54 Å². The zero-order chi connectivity index (χ0) is 17.8. The average molecular weight is 355 g/mol. The lowest BCUT2D eigenvalue weighted by Crippen LogP contribution is -2.18. The van der Waals surface area contributed by atoms with E-state index in [0.29, 0.717) is 24.0 Å². The summed E-state index contributed by atoms with van der Waals surface area (Å²) in [5.74, 6) is 1.76. The Bertz CT molecular complexity index is 867. The minimum atomic E-state index is -0.0816. The minimum Gasteiger partial charge on any atom is -0.458 e. The molecule has 0 saturated carbocycles. The molecule has 0 unspecified atom stereocenters. The van der Waals surface area contributed by atoms with Gasteiger partial charge in [-0.1, -0.05) is 32.0 Å². The molecule has 0 bridgehead atoms. The Hall–Kier alpha value is -2.60. The summed E-state index contributed by atoms with van der Waals surface area (Å²) in [6, 6.07) is 12.0. The fourth-order valence-electron chi connectivity index (χ4n) is 2.50. The van der Waals surface area contributed by atoms with Gasteiger partial charge in [-0.15, -0.1) is 11.3 Å². The molecule has 3 aromatic rings. The second-order valence-electron chi connectivity index (χ2n) is 6.08.